The number of aromatic amines is 1. The first kappa shape index (κ1) is 15.7. The van der Waals surface area contributed by atoms with Crippen LogP contribution in [0, 0.1) is 0 Å². The topological polar surface area (TPSA) is 70.2 Å². The molecule has 0 radical (unpaired) electrons. The van der Waals surface area contributed by atoms with Crippen LogP contribution < -0.4 is 10.1 Å². The maximum Gasteiger partial charge on any atom is 0.256 e. The number of carbonyl (C=O) groups excluding carboxylic acids is 1. The summed E-state index contributed by atoms with van der Waals surface area (Å²) in [6.07, 6.45) is 5.19. The molecule has 3 heterocycles. The van der Waals surface area contributed by atoms with Crippen molar-refractivity contribution in [3.63, 3.8) is 0 Å². The van der Waals surface area contributed by atoms with E-state index in [1.165, 1.54) is 0 Å². The summed E-state index contributed by atoms with van der Waals surface area (Å²) in [7, 11) is 0. The van der Waals surface area contributed by atoms with E-state index in [0.29, 0.717) is 31.0 Å². The monoisotopic (exact) mass is 336 g/mol. The fourth-order valence-corrected chi connectivity index (χ4v) is 3.21. The number of hydrogen-bond acceptors (Lipinski definition) is 4. The van der Waals surface area contributed by atoms with Gasteiger partial charge in [-0.2, -0.15) is 0 Å². The molecule has 128 valence electrons. The second kappa shape index (κ2) is 6.94. The van der Waals surface area contributed by atoms with E-state index in [2.05, 4.69) is 15.3 Å². The summed E-state index contributed by atoms with van der Waals surface area (Å²) in [4.78, 5) is 22.2. The molecule has 0 aliphatic carbocycles. The van der Waals surface area contributed by atoms with E-state index >= 15 is 0 Å². The van der Waals surface area contributed by atoms with Crippen molar-refractivity contribution in [2.24, 2.45) is 0 Å². The SMILES string of the molecule is O=C(c1c[nH]c2ccccc12)N1CCNCC1COc1cccnc1. The number of hydrogen-bond donors (Lipinski definition) is 2. The Morgan fingerprint density at radius 1 is 1.28 bits per heavy atom. The van der Waals surface area contributed by atoms with E-state index in [1.54, 1.807) is 18.6 Å². The lowest BCUT2D eigenvalue weighted by Gasteiger charge is -2.36. The first-order valence-corrected chi connectivity index (χ1v) is 8.43. The summed E-state index contributed by atoms with van der Waals surface area (Å²) in [5, 5.41) is 4.30. The Labute approximate surface area is 145 Å². The number of nitrogens with one attached hydrogen (secondary N) is 2. The van der Waals surface area contributed by atoms with E-state index in [0.717, 1.165) is 17.4 Å². The van der Waals surface area contributed by atoms with Crippen LogP contribution in [0.5, 0.6) is 5.75 Å². The number of nitrogens with zero attached hydrogens (tertiary/aromatic N) is 2. The second-order valence-electron chi connectivity index (χ2n) is 6.10. The molecule has 1 saturated heterocycles. The average molecular weight is 336 g/mol. The first-order chi connectivity index (χ1) is 12.3. The number of benzene rings is 1. The zero-order valence-corrected chi connectivity index (χ0v) is 13.8. The summed E-state index contributed by atoms with van der Waals surface area (Å²) in [5.41, 5.74) is 1.69. The van der Waals surface area contributed by atoms with E-state index in [9.17, 15) is 4.79 Å². The van der Waals surface area contributed by atoms with Gasteiger partial charge in [0.05, 0.1) is 17.8 Å². The number of rotatable bonds is 4. The Kier molecular flexibility index (Phi) is 4.35. The zero-order chi connectivity index (χ0) is 17.1. The van der Waals surface area contributed by atoms with Gasteiger partial charge in [0.1, 0.15) is 12.4 Å². The van der Waals surface area contributed by atoms with Crippen LogP contribution in [0.4, 0.5) is 0 Å². The van der Waals surface area contributed by atoms with Crippen molar-refractivity contribution in [2.75, 3.05) is 26.2 Å². The van der Waals surface area contributed by atoms with E-state index in [4.69, 9.17) is 4.74 Å². The van der Waals surface area contributed by atoms with Crippen molar-refractivity contribution < 1.29 is 9.53 Å². The Hall–Kier alpha value is -2.86. The van der Waals surface area contributed by atoms with Crippen molar-refractivity contribution in [1.82, 2.24) is 20.2 Å². The number of pyridine rings is 1. The summed E-state index contributed by atoms with van der Waals surface area (Å²) >= 11 is 0. The molecule has 1 atom stereocenters. The third-order valence-electron chi connectivity index (χ3n) is 4.51. The minimum absolute atomic E-state index is 0.0184. The van der Waals surface area contributed by atoms with Gasteiger partial charge < -0.3 is 19.9 Å². The molecule has 0 spiro atoms. The summed E-state index contributed by atoms with van der Waals surface area (Å²) < 4.78 is 5.83. The minimum atomic E-state index is -0.0184. The predicted molar refractivity (Wildman–Crippen MR) is 95.7 cm³/mol. The van der Waals surface area contributed by atoms with Gasteiger partial charge in [-0.05, 0) is 18.2 Å². The van der Waals surface area contributed by atoms with Gasteiger partial charge in [-0.3, -0.25) is 9.78 Å². The number of aromatic nitrogens is 2. The Morgan fingerprint density at radius 2 is 2.20 bits per heavy atom. The normalized spacial score (nSPS) is 17.6. The number of amides is 1. The van der Waals surface area contributed by atoms with Gasteiger partial charge in [0.15, 0.2) is 0 Å². The number of ether oxygens (including phenoxy) is 1. The molecule has 0 bridgehead atoms. The van der Waals surface area contributed by atoms with Crippen LogP contribution in [0.25, 0.3) is 10.9 Å². The lowest BCUT2D eigenvalue weighted by atomic mass is 10.1. The van der Waals surface area contributed by atoms with Gasteiger partial charge in [0, 0.05) is 42.9 Å². The highest BCUT2D eigenvalue weighted by Crippen LogP contribution is 2.21. The highest BCUT2D eigenvalue weighted by atomic mass is 16.5. The standard InChI is InChI=1S/C19H20N4O2/c24-19(17-12-22-18-6-2-1-5-16(17)18)23-9-8-21-10-14(23)13-25-15-4-3-7-20-11-15/h1-7,11-12,14,21-22H,8-10,13H2. The largest absolute Gasteiger partial charge is 0.490 e. The predicted octanol–water partition coefficient (Wildman–Crippen LogP) is 2.06. The first-order valence-electron chi connectivity index (χ1n) is 8.43. The Morgan fingerprint density at radius 3 is 3.08 bits per heavy atom. The van der Waals surface area contributed by atoms with Gasteiger partial charge in [0.2, 0.25) is 0 Å². The molecule has 6 heteroatoms. The van der Waals surface area contributed by atoms with Crippen LogP contribution in [-0.4, -0.2) is 53.1 Å². The van der Waals surface area contributed by atoms with Crippen LogP contribution in [-0.2, 0) is 0 Å². The molecule has 1 amide bonds. The van der Waals surface area contributed by atoms with Crippen molar-refractivity contribution in [1.29, 1.82) is 0 Å². The lowest BCUT2D eigenvalue weighted by molar-refractivity contribution is 0.0561. The molecule has 1 fully saturated rings. The molecular weight excluding hydrogens is 316 g/mol. The fraction of sp³-hybridized carbons (Fsp3) is 0.263. The van der Waals surface area contributed by atoms with Crippen molar-refractivity contribution in [3.8, 4) is 5.75 Å². The van der Waals surface area contributed by atoms with Gasteiger partial charge >= 0.3 is 0 Å². The van der Waals surface area contributed by atoms with E-state index < -0.39 is 0 Å². The molecule has 2 aromatic heterocycles. The number of H-pyrrole nitrogens is 1. The maximum absolute atomic E-state index is 13.1. The van der Waals surface area contributed by atoms with Crippen LogP contribution >= 0.6 is 0 Å². The number of para-hydroxylation sites is 1. The Balaban J connectivity index is 1.53. The van der Waals surface area contributed by atoms with E-state index in [1.807, 2.05) is 41.3 Å². The van der Waals surface area contributed by atoms with Gasteiger partial charge in [-0.1, -0.05) is 18.2 Å². The van der Waals surface area contributed by atoms with Gasteiger partial charge in [0.25, 0.3) is 5.91 Å². The van der Waals surface area contributed by atoms with Gasteiger partial charge in [-0.25, -0.2) is 0 Å². The van der Waals surface area contributed by atoms with Crippen molar-refractivity contribution in [3.05, 3.63) is 60.6 Å². The molecule has 1 aliphatic rings. The van der Waals surface area contributed by atoms with Crippen LogP contribution in [0.1, 0.15) is 10.4 Å². The van der Waals surface area contributed by atoms with Crippen LogP contribution in [0.15, 0.2) is 55.0 Å². The maximum atomic E-state index is 13.1. The average Bonchev–Trinajstić information content (AvgIpc) is 3.11. The van der Waals surface area contributed by atoms with Crippen LogP contribution in [0.2, 0.25) is 0 Å². The van der Waals surface area contributed by atoms with Crippen molar-refractivity contribution in [2.45, 2.75) is 6.04 Å². The quantitative estimate of drug-likeness (QED) is 0.765. The molecule has 4 rings (SSSR count). The zero-order valence-electron chi connectivity index (χ0n) is 13.8. The third-order valence-corrected chi connectivity index (χ3v) is 4.51. The highest BCUT2D eigenvalue weighted by Gasteiger charge is 2.29. The fourth-order valence-electron chi connectivity index (χ4n) is 3.21. The molecular formula is C19H20N4O2. The molecule has 1 unspecified atom stereocenters. The molecule has 3 aromatic rings. The van der Waals surface area contributed by atoms with Gasteiger partial charge in [-0.15, -0.1) is 0 Å². The third kappa shape index (κ3) is 3.21. The minimum Gasteiger partial charge on any atom is -0.490 e. The number of fused-ring (bicyclic) bond motifs is 1. The molecule has 6 nitrogen and oxygen atoms in total. The molecule has 0 saturated carbocycles. The highest BCUT2D eigenvalue weighted by molar-refractivity contribution is 6.06. The van der Waals surface area contributed by atoms with Crippen LogP contribution in [0.3, 0.4) is 0 Å². The summed E-state index contributed by atoms with van der Waals surface area (Å²) in [6, 6.07) is 11.6. The molecule has 1 aliphatic heterocycles. The number of piperazine rings is 1. The molecule has 1 aromatic carbocycles. The Bertz CT molecular complexity index is 862. The second-order valence-corrected chi connectivity index (χ2v) is 6.10. The molecule has 25 heavy (non-hydrogen) atoms. The lowest BCUT2D eigenvalue weighted by Crippen LogP contribution is -2.55. The molecule has 2 N–H and O–H groups in total. The summed E-state index contributed by atoms with van der Waals surface area (Å²) in [6.45, 7) is 2.61. The number of carbonyl (C=O) groups is 1. The van der Waals surface area contributed by atoms with Crippen molar-refractivity contribution >= 4 is 16.8 Å². The summed E-state index contributed by atoms with van der Waals surface area (Å²) in [5.74, 6) is 0.756. The smallest absolute Gasteiger partial charge is 0.256 e. The van der Waals surface area contributed by atoms with E-state index in [-0.39, 0.29) is 11.9 Å².